The lowest BCUT2D eigenvalue weighted by molar-refractivity contribution is -0.138. The Labute approximate surface area is 247 Å². The van der Waals surface area contributed by atoms with E-state index in [1.54, 1.807) is 9.80 Å². The van der Waals surface area contributed by atoms with Gasteiger partial charge in [-0.25, -0.2) is 9.18 Å². The third-order valence-corrected chi connectivity index (χ3v) is 8.65. The van der Waals surface area contributed by atoms with E-state index >= 15 is 4.39 Å². The standard InChI is InChI=1S/C30H36F4N6O3/c1-18-15-40(16-19(2)37(18)3)26-13-24(31)21(20-7-6-10-39(17-20)29(43)38-8-4-5-9-38)11-25(26)36-28(42)22-14-35-27(41)12-23(22)30(32,33)34/h7,11-14,18-19H,4-6,8-10,15-17H2,1-3H3,(H,35,41)(H,36,42)/t18-,19?/m1/s1. The molecule has 3 amide bonds. The van der Waals surface area contributed by atoms with Gasteiger partial charge in [0.05, 0.1) is 22.5 Å². The van der Waals surface area contributed by atoms with Gasteiger partial charge in [0.15, 0.2) is 0 Å². The van der Waals surface area contributed by atoms with Crippen LogP contribution in [0.4, 0.5) is 33.7 Å². The molecule has 43 heavy (non-hydrogen) atoms. The number of aromatic nitrogens is 1. The minimum atomic E-state index is -4.95. The van der Waals surface area contributed by atoms with Crippen molar-refractivity contribution in [3.8, 4) is 0 Å². The van der Waals surface area contributed by atoms with Crippen LogP contribution in [0.3, 0.4) is 0 Å². The highest BCUT2D eigenvalue weighted by Gasteiger charge is 2.37. The van der Waals surface area contributed by atoms with Crippen LogP contribution in [0, 0.1) is 5.82 Å². The first-order valence-electron chi connectivity index (χ1n) is 14.5. The number of urea groups is 1. The monoisotopic (exact) mass is 604 g/mol. The highest BCUT2D eigenvalue weighted by molar-refractivity contribution is 6.07. The number of alkyl halides is 3. The molecule has 0 aliphatic carbocycles. The van der Waals surface area contributed by atoms with Gasteiger partial charge in [-0.15, -0.1) is 0 Å². The number of anilines is 2. The maximum atomic E-state index is 15.9. The Kier molecular flexibility index (Phi) is 8.55. The third kappa shape index (κ3) is 6.41. The molecular formula is C30H36F4N6O3. The molecule has 2 fully saturated rings. The smallest absolute Gasteiger partial charge is 0.367 e. The molecule has 9 nitrogen and oxygen atoms in total. The van der Waals surface area contributed by atoms with Crippen LogP contribution in [-0.4, -0.2) is 90.0 Å². The number of carbonyl (C=O) groups excluding carboxylic acids is 2. The second kappa shape index (κ2) is 12.0. The zero-order valence-electron chi connectivity index (χ0n) is 24.4. The first-order chi connectivity index (χ1) is 20.3. The molecule has 2 N–H and O–H groups in total. The summed E-state index contributed by atoms with van der Waals surface area (Å²) in [6.45, 7) is 7.04. The first-order valence-corrected chi connectivity index (χ1v) is 14.5. The molecule has 232 valence electrons. The van der Waals surface area contributed by atoms with Gasteiger partial charge < -0.3 is 25.0 Å². The molecule has 2 aromatic rings. The van der Waals surface area contributed by atoms with Crippen molar-refractivity contribution in [1.82, 2.24) is 19.7 Å². The van der Waals surface area contributed by atoms with Gasteiger partial charge in [0.2, 0.25) is 5.56 Å². The average molecular weight is 605 g/mol. The SMILES string of the molecule is CC1CN(c2cc(F)c(C3=CCCN(C(=O)N4CCCC4)C3)cc2NC(=O)c2c[nH]c(=O)cc2C(F)(F)F)C[C@@H](C)N1C. The van der Waals surface area contributed by atoms with Crippen LogP contribution in [0.15, 0.2) is 35.3 Å². The number of nitrogens with zero attached hydrogens (tertiary/aromatic N) is 4. The highest BCUT2D eigenvalue weighted by atomic mass is 19.4. The number of halogens is 4. The Morgan fingerprint density at radius 2 is 1.67 bits per heavy atom. The first kappa shape index (κ1) is 30.6. The third-order valence-electron chi connectivity index (χ3n) is 8.65. The van der Waals surface area contributed by atoms with Crippen LogP contribution in [0.1, 0.15) is 54.6 Å². The second-order valence-electron chi connectivity index (χ2n) is 11.6. The van der Waals surface area contributed by atoms with Gasteiger partial charge in [0, 0.05) is 69.2 Å². The highest BCUT2D eigenvalue weighted by Crippen LogP contribution is 2.37. The van der Waals surface area contributed by atoms with Crippen molar-refractivity contribution in [3.63, 3.8) is 0 Å². The zero-order chi connectivity index (χ0) is 31.1. The molecule has 2 saturated heterocycles. The van der Waals surface area contributed by atoms with Gasteiger partial charge in [0.25, 0.3) is 5.91 Å². The van der Waals surface area contributed by atoms with E-state index in [-0.39, 0.29) is 35.9 Å². The second-order valence-corrected chi connectivity index (χ2v) is 11.6. The minimum absolute atomic E-state index is 0.0808. The van der Waals surface area contributed by atoms with E-state index in [1.165, 1.54) is 12.1 Å². The molecule has 0 radical (unpaired) electrons. The van der Waals surface area contributed by atoms with Gasteiger partial charge in [-0.1, -0.05) is 6.08 Å². The van der Waals surface area contributed by atoms with Crippen LogP contribution in [-0.2, 0) is 6.18 Å². The van der Waals surface area contributed by atoms with E-state index in [4.69, 9.17) is 0 Å². The van der Waals surface area contributed by atoms with Crippen molar-refractivity contribution in [2.24, 2.45) is 0 Å². The number of aromatic amines is 1. The van der Waals surface area contributed by atoms with Crippen molar-refractivity contribution in [2.75, 3.05) is 56.5 Å². The topological polar surface area (TPSA) is 92.0 Å². The number of nitrogens with one attached hydrogen (secondary N) is 2. The number of hydrogen-bond donors (Lipinski definition) is 2. The summed E-state index contributed by atoms with van der Waals surface area (Å²) < 4.78 is 57.2. The van der Waals surface area contributed by atoms with Gasteiger partial charge in [-0.2, -0.15) is 13.2 Å². The fourth-order valence-corrected chi connectivity index (χ4v) is 6.07. The molecule has 0 saturated carbocycles. The Hall–Kier alpha value is -3.87. The fraction of sp³-hybridized carbons (Fsp3) is 0.500. The quantitative estimate of drug-likeness (QED) is 0.498. The number of pyridine rings is 1. The predicted molar refractivity (Wildman–Crippen MR) is 156 cm³/mol. The average Bonchev–Trinajstić information content (AvgIpc) is 3.50. The molecular weight excluding hydrogens is 568 g/mol. The Morgan fingerprint density at radius 3 is 2.33 bits per heavy atom. The summed E-state index contributed by atoms with van der Waals surface area (Å²) in [4.78, 5) is 47.7. The normalized spacial score (nSPS) is 21.7. The van der Waals surface area contributed by atoms with Crippen molar-refractivity contribution < 1.29 is 27.2 Å². The number of carbonyl (C=O) groups is 2. The molecule has 3 aliphatic heterocycles. The van der Waals surface area contributed by atoms with E-state index in [9.17, 15) is 27.6 Å². The van der Waals surface area contributed by atoms with E-state index in [2.05, 4.69) is 15.2 Å². The van der Waals surface area contributed by atoms with Gasteiger partial charge in [0.1, 0.15) is 5.82 Å². The lowest BCUT2D eigenvalue weighted by Gasteiger charge is -2.44. The van der Waals surface area contributed by atoms with E-state index in [0.29, 0.717) is 56.5 Å². The minimum Gasteiger partial charge on any atom is -0.367 e. The molecule has 0 spiro atoms. The summed E-state index contributed by atoms with van der Waals surface area (Å²) >= 11 is 0. The zero-order valence-corrected chi connectivity index (χ0v) is 24.4. The van der Waals surface area contributed by atoms with Crippen molar-refractivity contribution >= 4 is 28.9 Å². The Balaban J connectivity index is 1.52. The maximum absolute atomic E-state index is 15.9. The van der Waals surface area contributed by atoms with Crippen molar-refractivity contribution in [3.05, 3.63) is 63.3 Å². The summed E-state index contributed by atoms with van der Waals surface area (Å²) in [5.41, 5.74) is -1.95. The van der Waals surface area contributed by atoms with Gasteiger partial charge in [-0.3, -0.25) is 14.5 Å². The predicted octanol–water partition coefficient (Wildman–Crippen LogP) is 4.62. The molecule has 13 heteroatoms. The molecule has 0 bridgehead atoms. The van der Waals surface area contributed by atoms with Gasteiger partial charge in [-0.05, 0) is 57.9 Å². The number of hydrogen-bond acceptors (Lipinski definition) is 5. The largest absolute Gasteiger partial charge is 0.417 e. The fourth-order valence-electron chi connectivity index (χ4n) is 6.07. The summed E-state index contributed by atoms with van der Waals surface area (Å²) in [7, 11) is 1.98. The summed E-state index contributed by atoms with van der Waals surface area (Å²) in [6.07, 6.45) is 0.0275. The van der Waals surface area contributed by atoms with Crippen LogP contribution in [0.5, 0.6) is 0 Å². The van der Waals surface area contributed by atoms with Crippen LogP contribution in [0.2, 0.25) is 0 Å². The molecule has 4 heterocycles. The van der Waals surface area contributed by atoms with E-state index in [1.807, 2.05) is 31.9 Å². The molecule has 1 aromatic heterocycles. The Morgan fingerprint density at radius 1 is 1.00 bits per heavy atom. The van der Waals surface area contributed by atoms with Crippen molar-refractivity contribution in [1.29, 1.82) is 0 Å². The molecule has 2 atom stereocenters. The molecule has 3 aliphatic rings. The lowest BCUT2D eigenvalue weighted by Crippen LogP contribution is -2.55. The summed E-state index contributed by atoms with van der Waals surface area (Å²) in [5.74, 6) is -1.66. The molecule has 1 unspecified atom stereocenters. The summed E-state index contributed by atoms with van der Waals surface area (Å²) in [6, 6.07) is 3.13. The number of piperazine rings is 1. The number of H-pyrrole nitrogens is 1. The molecule has 5 rings (SSSR count). The summed E-state index contributed by atoms with van der Waals surface area (Å²) in [5, 5.41) is 2.58. The number of rotatable bonds is 4. The maximum Gasteiger partial charge on any atom is 0.417 e. The number of likely N-dealkylation sites (tertiary alicyclic amines) is 1. The van der Waals surface area contributed by atoms with Crippen LogP contribution in [0.25, 0.3) is 5.57 Å². The van der Waals surface area contributed by atoms with Gasteiger partial charge >= 0.3 is 12.2 Å². The number of amides is 3. The van der Waals surface area contributed by atoms with Crippen LogP contribution < -0.4 is 15.8 Å². The van der Waals surface area contributed by atoms with Crippen molar-refractivity contribution in [2.45, 2.75) is 51.4 Å². The lowest BCUT2D eigenvalue weighted by atomic mass is 9.98. The van der Waals surface area contributed by atoms with E-state index in [0.717, 1.165) is 19.0 Å². The van der Waals surface area contributed by atoms with E-state index < -0.39 is 34.6 Å². The number of benzene rings is 1. The number of likely N-dealkylation sites (N-methyl/N-ethyl adjacent to an activating group) is 1. The van der Waals surface area contributed by atoms with Crippen LogP contribution >= 0.6 is 0 Å². The Bertz CT molecular complexity index is 1470. The molecule has 1 aromatic carbocycles.